The van der Waals surface area contributed by atoms with Crippen molar-refractivity contribution in [1.29, 1.82) is 0 Å². The highest BCUT2D eigenvalue weighted by Gasteiger charge is 2.08. The summed E-state index contributed by atoms with van der Waals surface area (Å²) < 4.78 is 5.16. The van der Waals surface area contributed by atoms with Gasteiger partial charge in [0.1, 0.15) is 0 Å². The standard InChI is InChI=1S/C15H19NO3/c1-2-19-12-10-16-15(18)14-9-4-3-7-13(14)8-5-6-11-17/h3-4,7,9,17H,2,6,10-12H2,1H3,(H,16,18). The van der Waals surface area contributed by atoms with Gasteiger partial charge in [-0.05, 0) is 19.1 Å². The fourth-order valence-electron chi connectivity index (χ4n) is 1.48. The van der Waals surface area contributed by atoms with Crippen LogP contribution in [0.2, 0.25) is 0 Å². The highest BCUT2D eigenvalue weighted by Crippen LogP contribution is 2.07. The van der Waals surface area contributed by atoms with E-state index in [9.17, 15) is 4.79 Å². The van der Waals surface area contributed by atoms with Gasteiger partial charge in [-0.3, -0.25) is 4.79 Å². The van der Waals surface area contributed by atoms with Crippen molar-refractivity contribution < 1.29 is 14.6 Å². The Morgan fingerprint density at radius 1 is 1.42 bits per heavy atom. The maximum atomic E-state index is 12.0. The van der Waals surface area contributed by atoms with E-state index in [-0.39, 0.29) is 12.5 Å². The van der Waals surface area contributed by atoms with E-state index in [0.717, 1.165) is 0 Å². The summed E-state index contributed by atoms with van der Waals surface area (Å²) in [6.45, 7) is 3.55. The third kappa shape index (κ3) is 5.56. The van der Waals surface area contributed by atoms with Crippen LogP contribution in [0, 0.1) is 11.8 Å². The molecule has 0 radical (unpaired) electrons. The van der Waals surface area contributed by atoms with Crippen LogP contribution >= 0.6 is 0 Å². The van der Waals surface area contributed by atoms with Crippen LogP contribution in [0.3, 0.4) is 0 Å². The molecule has 0 aliphatic carbocycles. The van der Waals surface area contributed by atoms with Crippen LogP contribution in [0.5, 0.6) is 0 Å². The lowest BCUT2D eigenvalue weighted by atomic mass is 10.1. The van der Waals surface area contributed by atoms with Gasteiger partial charge in [-0.2, -0.15) is 0 Å². The van der Waals surface area contributed by atoms with E-state index in [4.69, 9.17) is 9.84 Å². The van der Waals surface area contributed by atoms with E-state index in [1.165, 1.54) is 0 Å². The number of nitrogens with one attached hydrogen (secondary N) is 1. The molecule has 0 unspecified atom stereocenters. The number of carbonyl (C=O) groups excluding carboxylic acids is 1. The molecule has 4 nitrogen and oxygen atoms in total. The maximum absolute atomic E-state index is 12.0. The number of aliphatic hydroxyl groups is 1. The Hall–Kier alpha value is -1.83. The average Bonchev–Trinajstić information content (AvgIpc) is 2.44. The SMILES string of the molecule is CCOCCNC(=O)c1ccccc1C#CCCO. The molecule has 0 atom stereocenters. The van der Waals surface area contributed by atoms with E-state index in [1.54, 1.807) is 18.2 Å². The van der Waals surface area contributed by atoms with Crippen molar-refractivity contribution in [3.8, 4) is 11.8 Å². The molecule has 0 bridgehead atoms. The summed E-state index contributed by atoms with van der Waals surface area (Å²) in [4.78, 5) is 12.0. The van der Waals surface area contributed by atoms with Crippen molar-refractivity contribution in [2.45, 2.75) is 13.3 Å². The smallest absolute Gasteiger partial charge is 0.252 e. The highest BCUT2D eigenvalue weighted by atomic mass is 16.5. The molecule has 19 heavy (non-hydrogen) atoms. The molecule has 1 rings (SSSR count). The van der Waals surface area contributed by atoms with E-state index in [0.29, 0.717) is 37.3 Å². The lowest BCUT2D eigenvalue weighted by Crippen LogP contribution is -2.27. The van der Waals surface area contributed by atoms with Crippen LogP contribution in [0.25, 0.3) is 0 Å². The molecular weight excluding hydrogens is 242 g/mol. The van der Waals surface area contributed by atoms with Crippen molar-refractivity contribution in [3.05, 3.63) is 35.4 Å². The minimum atomic E-state index is -0.159. The lowest BCUT2D eigenvalue weighted by Gasteiger charge is -2.06. The predicted molar refractivity (Wildman–Crippen MR) is 73.8 cm³/mol. The van der Waals surface area contributed by atoms with Crippen LogP contribution in [0.4, 0.5) is 0 Å². The summed E-state index contributed by atoms with van der Waals surface area (Å²) in [5, 5.41) is 11.5. The van der Waals surface area contributed by atoms with E-state index >= 15 is 0 Å². The summed E-state index contributed by atoms with van der Waals surface area (Å²) in [6.07, 6.45) is 0.403. The second-order valence-electron chi connectivity index (χ2n) is 3.77. The van der Waals surface area contributed by atoms with E-state index in [2.05, 4.69) is 17.2 Å². The van der Waals surface area contributed by atoms with Gasteiger partial charge in [-0.15, -0.1) is 0 Å². The predicted octanol–water partition coefficient (Wildman–Crippen LogP) is 1.19. The summed E-state index contributed by atoms with van der Waals surface area (Å²) in [7, 11) is 0. The number of carbonyl (C=O) groups is 1. The molecule has 0 fully saturated rings. The molecule has 0 aromatic heterocycles. The summed E-state index contributed by atoms with van der Waals surface area (Å²) in [5.74, 6) is 5.55. The fourth-order valence-corrected chi connectivity index (χ4v) is 1.48. The van der Waals surface area contributed by atoms with Crippen molar-refractivity contribution in [3.63, 3.8) is 0 Å². The van der Waals surface area contributed by atoms with Gasteiger partial charge in [-0.1, -0.05) is 24.0 Å². The molecule has 102 valence electrons. The Bertz CT molecular complexity index is 460. The molecule has 0 heterocycles. The molecule has 4 heteroatoms. The number of aliphatic hydroxyl groups excluding tert-OH is 1. The lowest BCUT2D eigenvalue weighted by molar-refractivity contribution is 0.0922. The molecule has 0 aliphatic heterocycles. The van der Waals surface area contributed by atoms with Crippen molar-refractivity contribution in [2.75, 3.05) is 26.4 Å². The molecule has 0 aliphatic rings. The zero-order chi connectivity index (χ0) is 13.9. The second-order valence-corrected chi connectivity index (χ2v) is 3.77. The zero-order valence-electron chi connectivity index (χ0n) is 11.1. The Kier molecular flexibility index (Phi) is 7.33. The highest BCUT2D eigenvalue weighted by molar-refractivity contribution is 5.96. The van der Waals surface area contributed by atoms with Gasteiger partial charge in [0.05, 0.1) is 18.8 Å². The molecule has 0 saturated heterocycles. The van der Waals surface area contributed by atoms with Crippen molar-refractivity contribution >= 4 is 5.91 Å². The monoisotopic (exact) mass is 261 g/mol. The van der Waals surface area contributed by atoms with Crippen LogP contribution in [0.1, 0.15) is 29.3 Å². The quantitative estimate of drug-likeness (QED) is 0.597. The van der Waals surface area contributed by atoms with Gasteiger partial charge in [-0.25, -0.2) is 0 Å². The number of benzene rings is 1. The van der Waals surface area contributed by atoms with Crippen LogP contribution in [0.15, 0.2) is 24.3 Å². The third-order valence-corrected chi connectivity index (χ3v) is 2.37. The zero-order valence-corrected chi connectivity index (χ0v) is 11.1. The van der Waals surface area contributed by atoms with Gasteiger partial charge in [0, 0.05) is 25.1 Å². The minimum Gasteiger partial charge on any atom is -0.395 e. The van der Waals surface area contributed by atoms with E-state index in [1.807, 2.05) is 13.0 Å². The maximum Gasteiger partial charge on any atom is 0.252 e. The van der Waals surface area contributed by atoms with Crippen LogP contribution in [-0.2, 0) is 4.74 Å². The summed E-state index contributed by atoms with van der Waals surface area (Å²) in [5.41, 5.74) is 1.22. The molecule has 1 aromatic rings. The number of rotatable bonds is 6. The van der Waals surface area contributed by atoms with Gasteiger partial charge < -0.3 is 15.2 Å². The number of ether oxygens (including phenoxy) is 1. The first kappa shape index (κ1) is 15.2. The van der Waals surface area contributed by atoms with Gasteiger partial charge >= 0.3 is 0 Å². The topological polar surface area (TPSA) is 58.6 Å². The Morgan fingerprint density at radius 3 is 2.95 bits per heavy atom. The van der Waals surface area contributed by atoms with Crippen molar-refractivity contribution in [1.82, 2.24) is 5.32 Å². The fraction of sp³-hybridized carbons (Fsp3) is 0.400. The Balaban J connectivity index is 2.66. The molecule has 2 N–H and O–H groups in total. The Labute approximate surface area is 113 Å². The van der Waals surface area contributed by atoms with Crippen LogP contribution < -0.4 is 5.32 Å². The van der Waals surface area contributed by atoms with Crippen molar-refractivity contribution in [2.24, 2.45) is 0 Å². The minimum absolute atomic E-state index is 0.0235. The summed E-state index contributed by atoms with van der Waals surface area (Å²) in [6, 6.07) is 7.16. The molecule has 1 amide bonds. The first-order valence-corrected chi connectivity index (χ1v) is 6.34. The van der Waals surface area contributed by atoms with Gasteiger partial charge in [0.25, 0.3) is 5.91 Å². The first-order valence-electron chi connectivity index (χ1n) is 6.34. The Morgan fingerprint density at radius 2 is 2.21 bits per heavy atom. The molecule has 0 spiro atoms. The second kappa shape index (κ2) is 9.15. The number of hydrogen-bond donors (Lipinski definition) is 2. The normalized spacial score (nSPS) is 9.58. The van der Waals surface area contributed by atoms with Gasteiger partial charge in [0.15, 0.2) is 0 Å². The van der Waals surface area contributed by atoms with Crippen LogP contribution in [-0.4, -0.2) is 37.4 Å². The molecular formula is C15H19NO3. The molecule has 0 saturated carbocycles. The largest absolute Gasteiger partial charge is 0.395 e. The average molecular weight is 261 g/mol. The molecule has 1 aromatic carbocycles. The summed E-state index contributed by atoms with van der Waals surface area (Å²) >= 11 is 0. The van der Waals surface area contributed by atoms with E-state index < -0.39 is 0 Å². The third-order valence-electron chi connectivity index (χ3n) is 2.37. The van der Waals surface area contributed by atoms with Gasteiger partial charge in [0.2, 0.25) is 0 Å². The number of amides is 1. The number of hydrogen-bond acceptors (Lipinski definition) is 3. The first-order chi connectivity index (χ1) is 9.29.